The summed E-state index contributed by atoms with van der Waals surface area (Å²) in [6, 6.07) is 17.1. The van der Waals surface area contributed by atoms with Crippen molar-refractivity contribution < 1.29 is 14.0 Å². The first-order valence-corrected chi connectivity index (χ1v) is 11.3. The third kappa shape index (κ3) is 5.08. The fourth-order valence-electron chi connectivity index (χ4n) is 4.38. The number of nitrogens with one attached hydrogen (secondary N) is 1. The summed E-state index contributed by atoms with van der Waals surface area (Å²) in [5.74, 6) is -0.502. The Bertz CT molecular complexity index is 1140. The Labute approximate surface area is 193 Å². The molecular formula is C26H29FN4O2. The van der Waals surface area contributed by atoms with E-state index in [9.17, 15) is 14.0 Å². The van der Waals surface area contributed by atoms with Gasteiger partial charge in [0, 0.05) is 37.2 Å². The molecule has 0 saturated heterocycles. The van der Waals surface area contributed by atoms with E-state index in [1.807, 2.05) is 62.5 Å². The number of anilines is 1. The molecule has 7 heteroatoms. The van der Waals surface area contributed by atoms with Crippen LogP contribution in [0.3, 0.4) is 0 Å². The lowest BCUT2D eigenvalue weighted by Crippen LogP contribution is -2.48. The fraction of sp³-hybridized carbons (Fsp3) is 0.308. The van der Waals surface area contributed by atoms with Crippen LogP contribution in [0.5, 0.6) is 0 Å². The van der Waals surface area contributed by atoms with Crippen LogP contribution in [0.4, 0.5) is 14.9 Å². The van der Waals surface area contributed by atoms with Gasteiger partial charge < -0.3 is 19.7 Å². The molecule has 1 atom stereocenters. The molecule has 0 unspecified atom stereocenters. The molecule has 0 radical (unpaired) electrons. The number of fused-ring (bicyclic) bond motifs is 1. The molecule has 0 saturated carbocycles. The van der Waals surface area contributed by atoms with Gasteiger partial charge in [0.15, 0.2) is 0 Å². The number of carbonyl (C=O) groups excluding carboxylic acids is 2. The fourth-order valence-corrected chi connectivity index (χ4v) is 4.38. The Morgan fingerprint density at radius 2 is 1.91 bits per heavy atom. The van der Waals surface area contributed by atoms with Gasteiger partial charge in [-0.05, 0) is 60.9 Å². The van der Waals surface area contributed by atoms with Gasteiger partial charge in [-0.2, -0.15) is 0 Å². The summed E-state index contributed by atoms with van der Waals surface area (Å²) in [5, 5.41) is 2.90. The number of benzene rings is 2. The molecule has 1 aromatic heterocycles. The summed E-state index contributed by atoms with van der Waals surface area (Å²) < 4.78 is 16.1. The highest BCUT2D eigenvalue weighted by atomic mass is 19.1. The van der Waals surface area contributed by atoms with Gasteiger partial charge in [0.25, 0.3) is 0 Å². The second-order valence-corrected chi connectivity index (χ2v) is 8.39. The normalized spacial score (nSPS) is 15.1. The number of amides is 3. The number of hydrogen-bond acceptors (Lipinski definition) is 2. The van der Waals surface area contributed by atoms with Crippen LogP contribution in [0.1, 0.15) is 36.2 Å². The molecule has 0 spiro atoms. The van der Waals surface area contributed by atoms with Crippen LogP contribution in [0, 0.1) is 12.7 Å². The van der Waals surface area contributed by atoms with Gasteiger partial charge in [0.1, 0.15) is 12.4 Å². The molecular weight excluding hydrogens is 419 g/mol. The van der Waals surface area contributed by atoms with Crippen molar-refractivity contribution in [2.75, 3.05) is 25.0 Å². The predicted octanol–water partition coefficient (Wildman–Crippen LogP) is 4.81. The molecule has 3 aromatic rings. The number of nitrogens with zero attached hydrogens (tertiary/aromatic N) is 3. The minimum Gasteiger partial charge on any atom is -0.348 e. The van der Waals surface area contributed by atoms with E-state index in [1.54, 1.807) is 15.9 Å². The molecule has 2 heterocycles. The highest BCUT2D eigenvalue weighted by Crippen LogP contribution is 2.33. The lowest BCUT2D eigenvalue weighted by atomic mass is 9.99. The van der Waals surface area contributed by atoms with E-state index >= 15 is 0 Å². The molecule has 3 amide bonds. The van der Waals surface area contributed by atoms with Crippen LogP contribution in [0.2, 0.25) is 0 Å². The van der Waals surface area contributed by atoms with Crippen molar-refractivity contribution in [1.29, 1.82) is 0 Å². The van der Waals surface area contributed by atoms with E-state index in [4.69, 9.17) is 0 Å². The SMILES string of the molecule is CCCN(CC(=O)N1CCn2cccc2[C@@H]1c1cccc(F)c1)C(=O)Nc1cccc(C)c1. The zero-order valence-electron chi connectivity index (χ0n) is 19.0. The van der Waals surface area contributed by atoms with Crippen molar-refractivity contribution in [2.45, 2.75) is 32.9 Å². The van der Waals surface area contributed by atoms with Gasteiger partial charge >= 0.3 is 6.03 Å². The van der Waals surface area contributed by atoms with E-state index in [0.717, 1.165) is 17.7 Å². The van der Waals surface area contributed by atoms with Crippen LogP contribution >= 0.6 is 0 Å². The van der Waals surface area contributed by atoms with Crippen LogP contribution in [0.25, 0.3) is 0 Å². The summed E-state index contributed by atoms with van der Waals surface area (Å²) in [6.07, 6.45) is 2.70. The summed E-state index contributed by atoms with van der Waals surface area (Å²) in [7, 11) is 0. The molecule has 172 valence electrons. The number of aromatic nitrogens is 1. The molecule has 0 fully saturated rings. The van der Waals surface area contributed by atoms with Gasteiger partial charge in [-0.25, -0.2) is 9.18 Å². The van der Waals surface area contributed by atoms with Gasteiger partial charge in [0.2, 0.25) is 5.91 Å². The van der Waals surface area contributed by atoms with Gasteiger partial charge in [-0.15, -0.1) is 0 Å². The maximum Gasteiger partial charge on any atom is 0.322 e. The summed E-state index contributed by atoms with van der Waals surface area (Å²) >= 11 is 0. The van der Waals surface area contributed by atoms with E-state index in [-0.39, 0.29) is 24.3 Å². The zero-order chi connectivity index (χ0) is 23.4. The molecule has 1 aliphatic rings. The number of hydrogen-bond donors (Lipinski definition) is 1. The van der Waals surface area contributed by atoms with Crippen LogP contribution in [-0.4, -0.2) is 45.9 Å². The number of carbonyl (C=O) groups is 2. The number of halogens is 1. The Balaban J connectivity index is 1.56. The Hall–Kier alpha value is -3.61. The van der Waals surface area contributed by atoms with Crippen molar-refractivity contribution in [3.63, 3.8) is 0 Å². The molecule has 1 N–H and O–H groups in total. The maximum atomic E-state index is 14.0. The van der Waals surface area contributed by atoms with E-state index in [0.29, 0.717) is 30.9 Å². The zero-order valence-corrected chi connectivity index (χ0v) is 19.0. The number of aryl methyl sites for hydroxylation is 1. The summed E-state index contributed by atoms with van der Waals surface area (Å²) in [4.78, 5) is 29.8. The molecule has 0 bridgehead atoms. The number of rotatable bonds is 6. The Morgan fingerprint density at radius 1 is 1.09 bits per heavy atom. The summed E-state index contributed by atoms with van der Waals surface area (Å²) in [5.41, 5.74) is 3.39. The summed E-state index contributed by atoms with van der Waals surface area (Å²) in [6.45, 7) is 5.49. The largest absolute Gasteiger partial charge is 0.348 e. The topological polar surface area (TPSA) is 57.6 Å². The van der Waals surface area contributed by atoms with E-state index in [2.05, 4.69) is 9.88 Å². The third-order valence-electron chi connectivity index (χ3n) is 5.90. The second-order valence-electron chi connectivity index (χ2n) is 8.39. The standard InChI is InChI=1S/C26H29FN4O2/c1-3-12-30(26(33)28-22-10-4-7-19(2)16-22)18-24(32)31-15-14-29-13-6-11-23(29)25(31)20-8-5-9-21(27)17-20/h4-11,13,16-17,25H,3,12,14-15,18H2,1-2H3,(H,28,33)/t25-/m0/s1. The lowest BCUT2D eigenvalue weighted by molar-refractivity contribution is -0.134. The molecule has 1 aliphatic heterocycles. The lowest BCUT2D eigenvalue weighted by Gasteiger charge is -2.38. The first kappa shape index (κ1) is 22.6. The first-order valence-electron chi connectivity index (χ1n) is 11.3. The van der Waals surface area contributed by atoms with Crippen LogP contribution < -0.4 is 5.32 Å². The molecule has 6 nitrogen and oxygen atoms in total. The molecule has 2 aromatic carbocycles. The minimum atomic E-state index is -0.403. The van der Waals surface area contributed by atoms with E-state index in [1.165, 1.54) is 12.1 Å². The van der Waals surface area contributed by atoms with Gasteiger partial charge in [-0.3, -0.25) is 4.79 Å². The van der Waals surface area contributed by atoms with Crippen molar-refractivity contribution in [3.8, 4) is 0 Å². The monoisotopic (exact) mass is 448 g/mol. The van der Waals surface area contributed by atoms with E-state index < -0.39 is 6.04 Å². The highest BCUT2D eigenvalue weighted by molar-refractivity contribution is 5.92. The smallest absolute Gasteiger partial charge is 0.322 e. The average molecular weight is 449 g/mol. The highest BCUT2D eigenvalue weighted by Gasteiger charge is 2.33. The van der Waals surface area contributed by atoms with Gasteiger partial charge in [0.05, 0.1) is 6.04 Å². The van der Waals surface area contributed by atoms with Crippen LogP contribution in [0.15, 0.2) is 66.9 Å². The van der Waals surface area contributed by atoms with Crippen molar-refractivity contribution in [1.82, 2.24) is 14.4 Å². The molecule has 33 heavy (non-hydrogen) atoms. The van der Waals surface area contributed by atoms with Crippen molar-refractivity contribution >= 4 is 17.6 Å². The van der Waals surface area contributed by atoms with Crippen LogP contribution in [-0.2, 0) is 11.3 Å². The first-order chi connectivity index (χ1) is 16.0. The minimum absolute atomic E-state index is 0.0436. The number of urea groups is 1. The molecule has 4 rings (SSSR count). The second kappa shape index (κ2) is 9.90. The Kier molecular flexibility index (Phi) is 6.77. The van der Waals surface area contributed by atoms with Crippen molar-refractivity contribution in [3.05, 3.63) is 89.5 Å². The quantitative estimate of drug-likeness (QED) is 0.588. The maximum absolute atomic E-state index is 14.0. The van der Waals surface area contributed by atoms with Crippen molar-refractivity contribution in [2.24, 2.45) is 0 Å². The Morgan fingerprint density at radius 3 is 2.67 bits per heavy atom. The molecule has 0 aliphatic carbocycles. The predicted molar refractivity (Wildman–Crippen MR) is 126 cm³/mol. The average Bonchev–Trinajstić information content (AvgIpc) is 3.27. The third-order valence-corrected chi connectivity index (χ3v) is 5.90. The van der Waals surface area contributed by atoms with Gasteiger partial charge in [-0.1, -0.05) is 31.2 Å².